The van der Waals surface area contributed by atoms with Crippen LogP contribution in [0.25, 0.3) is 22.3 Å². The predicted molar refractivity (Wildman–Crippen MR) is 112 cm³/mol. The first-order chi connectivity index (χ1) is 19.0. The van der Waals surface area contributed by atoms with E-state index < -0.39 is 103 Å². The Morgan fingerprint density at radius 2 is 0.927 bits per heavy atom. The molecule has 0 radical (unpaired) electrons. The first-order valence-electron chi connectivity index (χ1n) is 10.4. The molecule has 0 aliphatic heterocycles. The van der Waals surface area contributed by atoms with E-state index in [9.17, 15) is 64.1 Å². The lowest BCUT2D eigenvalue weighted by Gasteiger charge is -2.14. The van der Waals surface area contributed by atoms with Gasteiger partial charge in [0.05, 0.1) is 22.3 Å². The van der Waals surface area contributed by atoms with Crippen molar-refractivity contribution in [3.63, 3.8) is 0 Å². The highest BCUT2D eigenvalue weighted by molar-refractivity contribution is 6.14. The SMILES string of the molecule is N#CC(=C1c2cc(C#N)c(OC(F)(F)F)cc2-c2cc(OC(F)(F)F)c(C#N)cc21)c1c(F)c(F)c(F)c(F)c1F. The maximum Gasteiger partial charge on any atom is 0.573 e. The van der Waals surface area contributed by atoms with Gasteiger partial charge in [-0.25, -0.2) is 22.0 Å². The number of hydrogen-bond acceptors (Lipinski definition) is 5. The molecule has 3 aromatic rings. The topological polar surface area (TPSA) is 89.8 Å². The van der Waals surface area contributed by atoms with E-state index in [2.05, 4.69) is 9.47 Å². The highest BCUT2D eigenvalue weighted by atomic mass is 19.4. The molecule has 208 valence electrons. The van der Waals surface area contributed by atoms with Crippen molar-refractivity contribution < 1.29 is 57.8 Å². The third-order valence-corrected chi connectivity index (χ3v) is 5.58. The Hall–Kier alpha value is -5.30. The lowest BCUT2D eigenvalue weighted by Crippen LogP contribution is -2.18. The molecule has 1 aliphatic rings. The van der Waals surface area contributed by atoms with E-state index in [1.165, 1.54) is 18.2 Å². The van der Waals surface area contributed by atoms with E-state index in [0.717, 1.165) is 0 Å². The van der Waals surface area contributed by atoms with E-state index >= 15 is 0 Å². The van der Waals surface area contributed by atoms with Crippen LogP contribution in [-0.4, -0.2) is 12.7 Å². The fourth-order valence-electron chi connectivity index (χ4n) is 4.09. The van der Waals surface area contributed by atoms with Gasteiger partial charge in [-0.15, -0.1) is 26.3 Å². The van der Waals surface area contributed by atoms with Crippen molar-refractivity contribution in [1.82, 2.24) is 0 Å². The van der Waals surface area contributed by atoms with Crippen LogP contribution in [-0.2, 0) is 0 Å². The number of benzene rings is 3. The standard InChI is InChI=1S/C25H4F11N3O2/c26-19-18(20(27)22(29)23(30)21(19)28)14(7-39)17-12-1-8(5-37)15(40-24(31,32)33)3-10(12)11-4-16(41-25(34,35)36)9(6-38)2-13(11)17/h1-4H. The Kier molecular flexibility index (Phi) is 6.80. The molecule has 3 aromatic carbocycles. The summed E-state index contributed by atoms with van der Waals surface area (Å²) in [5.41, 5.74) is -7.91. The summed E-state index contributed by atoms with van der Waals surface area (Å²) in [4.78, 5) is 0. The second kappa shape index (κ2) is 9.71. The predicted octanol–water partition coefficient (Wildman–Crippen LogP) is 7.39. The second-order valence-electron chi connectivity index (χ2n) is 7.91. The molecule has 0 heterocycles. The Balaban J connectivity index is 2.21. The minimum absolute atomic E-state index is 0.490. The minimum Gasteiger partial charge on any atom is -0.404 e. The average Bonchev–Trinajstić information content (AvgIpc) is 3.17. The number of rotatable bonds is 3. The molecular formula is C25H4F11N3O2. The number of allylic oxidation sites excluding steroid dienone is 1. The van der Waals surface area contributed by atoms with Gasteiger partial charge < -0.3 is 9.47 Å². The molecule has 0 spiro atoms. The fraction of sp³-hybridized carbons (Fsp3) is 0.0800. The first kappa shape index (κ1) is 28.7. The fourth-order valence-corrected chi connectivity index (χ4v) is 4.09. The molecule has 0 N–H and O–H groups in total. The van der Waals surface area contributed by atoms with Gasteiger partial charge in [-0.3, -0.25) is 0 Å². The van der Waals surface area contributed by atoms with Crippen LogP contribution < -0.4 is 9.47 Å². The molecular weight excluding hydrogens is 583 g/mol. The Morgan fingerprint density at radius 3 is 1.24 bits per heavy atom. The molecule has 4 rings (SSSR count). The van der Waals surface area contributed by atoms with E-state index in [4.69, 9.17) is 0 Å². The van der Waals surface area contributed by atoms with Gasteiger partial charge in [0.25, 0.3) is 0 Å². The molecule has 0 bridgehead atoms. The Labute approximate surface area is 220 Å². The van der Waals surface area contributed by atoms with Gasteiger partial charge in [0, 0.05) is 5.57 Å². The van der Waals surface area contributed by atoms with Crippen molar-refractivity contribution >= 4 is 11.1 Å². The number of halogens is 11. The van der Waals surface area contributed by atoms with Crippen LogP contribution in [0.5, 0.6) is 11.5 Å². The van der Waals surface area contributed by atoms with Crippen LogP contribution in [0.4, 0.5) is 48.3 Å². The highest BCUT2D eigenvalue weighted by Gasteiger charge is 2.38. The number of alkyl halides is 6. The summed E-state index contributed by atoms with van der Waals surface area (Å²) in [5.74, 6) is -14.9. The van der Waals surface area contributed by atoms with Crippen molar-refractivity contribution in [2.45, 2.75) is 12.7 Å². The zero-order valence-electron chi connectivity index (χ0n) is 19.1. The van der Waals surface area contributed by atoms with Gasteiger partial charge in [0.15, 0.2) is 23.3 Å². The van der Waals surface area contributed by atoms with E-state index in [1.807, 2.05) is 0 Å². The van der Waals surface area contributed by atoms with Gasteiger partial charge in [0.2, 0.25) is 5.82 Å². The van der Waals surface area contributed by atoms with Crippen LogP contribution in [0.2, 0.25) is 0 Å². The van der Waals surface area contributed by atoms with Crippen molar-refractivity contribution in [1.29, 1.82) is 15.8 Å². The molecule has 0 saturated heterocycles. The summed E-state index contributed by atoms with van der Waals surface area (Å²) < 4.78 is 157. The van der Waals surface area contributed by atoms with Crippen molar-refractivity contribution in [2.24, 2.45) is 0 Å². The molecule has 0 unspecified atom stereocenters. The lowest BCUT2D eigenvalue weighted by atomic mass is 9.91. The summed E-state index contributed by atoms with van der Waals surface area (Å²) in [6, 6.07) is 6.05. The molecule has 16 heteroatoms. The third-order valence-electron chi connectivity index (χ3n) is 5.58. The molecule has 5 nitrogen and oxygen atoms in total. The molecule has 0 fully saturated rings. The van der Waals surface area contributed by atoms with Crippen LogP contribution >= 0.6 is 0 Å². The molecule has 0 atom stereocenters. The summed E-state index contributed by atoms with van der Waals surface area (Å²) >= 11 is 0. The first-order valence-corrected chi connectivity index (χ1v) is 10.4. The minimum atomic E-state index is -5.39. The maximum absolute atomic E-state index is 14.7. The van der Waals surface area contributed by atoms with Gasteiger partial charge >= 0.3 is 12.7 Å². The lowest BCUT2D eigenvalue weighted by molar-refractivity contribution is -0.275. The van der Waals surface area contributed by atoms with E-state index in [0.29, 0.717) is 24.3 Å². The zero-order valence-corrected chi connectivity index (χ0v) is 19.1. The summed E-state index contributed by atoms with van der Waals surface area (Å²) in [5, 5.41) is 28.6. The number of fused-ring (bicyclic) bond motifs is 3. The molecule has 41 heavy (non-hydrogen) atoms. The maximum atomic E-state index is 14.7. The molecule has 0 aromatic heterocycles. The smallest absolute Gasteiger partial charge is 0.404 e. The van der Waals surface area contributed by atoms with Crippen LogP contribution in [0.15, 0.2) is 24.3 Å². The van der Waals surface area contributed by atoms with Crippen molar-refractivity contribution in [3.8, 4) is 40.8 Å². The van der Waals surface area contributed by atoms with Crippen LogP contribution in [0.1, 0.15) is 27.8 Å². The van der Waals surface area contributed by atoms with Gasteiger partial charge in [-0.2, -0.15) is 15.8 Å². The number of nitriles is 3. The molecule has 0 amide bonds. The zero-order chi connectivity index (χ0) is 30.6. The molecule has 1 aliphatic carbocycles. The van der Waals surface area contributed by atoms with Gasteiger partial charge in [-0.1, -0.05) is 0 Å². The van der Waals surface area contributed by atoms with Gasteiger partial charge in [0.1, 0.15) is 29.7 Å². The van der Waals surface area contributed by atoms with E-state index in [-0.39, 0.29) is 0 Å². The third kappa shape index (κ3) is 4.94. The quantitative estimate of drug-likeness (QED) is 0.108. The number of ether oxygens (including phenoxy) is 2. The summed E-state index contributed by atoms with van der Waals surface area (Å²) in [6.07, 6.45) is -10.8. The largest absolute Gasteiger partial charge is 0.573 e. The van der Waals surface area contributed by atoms with Crippen molar-refractivity contribution in [2.75, 3.05) is 0 Å². The highest BCUT2D eigenvalue weighted by Crippen LogP contribution is 2.52. The number of nitrogens with zero attached hydrogens (tertiary/aromatic N) is 3. The van der Waals surface area contributed by atoms with Crippen LogP contribution in [0, 0.1) is 63.1 Å². The summed E-state index contributed by atoms with van der Waals surface area (Å²) in [7, 11) is 0. The normalized spacial score (nSPS) is 12.1. The van der Waals surface area contributed by atoms with E-state index in [1.54, 1.807) is 0 Å². The Morgan fingerprint density at radius 1 is 0.561 bits per heavy atom. The van der Waals surface area contributed by atoms with Crippen molar-refractivity contribution in [3.05, 3.63) is 81.2 Å². The Bertz CT molecular complexity index is 1690. The average molecular weight is 587 g/mol. The number of hydrogen-bond donors (Lipinski definition) is 0. The molecule has 0 saturated carbocycles. The monoisotopic (exact) mass is 587 g/mol. The van der Waals surface area contributed by atoms with Gasteiger partial charge in [-0.05, 0) is 46.5 Å². The van der Waals surface area contributed by atoms with Crippen LogP contribution in [0.3, 0.4) is 0 Å². The summed E-state index contributed by atoms with van der Waals surface area (Å²) in [6.45, 7) is 0. The second-order valence-corrected chi connectivity index (χ2v) is 7.91.